The molecule has 0 spiro atoms. The highest BCUT2D eigenvalue weighted by Crippen LogP contribution is 2.17. The summed E-state index contributed by atoms with van der Waals surface area (Å²) in [5.74, 6) is 0.0610. The molecule has 1 aliphatic heterocycles. The van der Waals surface area contributed by atoms with Crippen LogP contribution < -0.4 is 5.32 Å². The van der Waals surface area contributed by atoms with Gasteiger partial charge in [-0.2, -0.15) is 0 Å². The lowest BCUT2D eigenvalue weighted by molar-refractivity contribution is 0.0816. The maximum absolute atomic E-state index is 12.0. The van der Waals surface area contributed by atoms with Gasteiger partial charge in [0.1, 0.15) is 0 Å². The number of carbonyl (C=O) groups is 1. The van der Waals surface area contributed by atoms with Crippen molar-refractivity contribution in [3.05, 3.63) is 21.9 Å². The van der Waals surface area contributed by atoms with Crippen molar-refractivity contribution in [3.8, 4) is 0 Å². The largest absolute Gasteiger partial charge is 0.393 e. The number of likely N-dealkylation sites (tertiary alicyclic amines) is 1. The van der Waals surface area contributed by atoms with Crippen molar-refractivity contribution in [1.82, 2.24) is 10.2 Å². The van der Waals surface area contributed by atoms with E-state index in [0.717, 1.165) is 62.3 Å². The molecule has 1 saturated heterocycles. The summed E-state index contributed by atoms with van der Waals surface area (Å²) in [6.07, 6.45) is 3.51. The SMILES string of the molecule is CCc1ccsc1C(=O)NCCCN1CCC(O)CC1. The molecule has 2 N–H and O–H groups in total. The second-order valence-corrected chi connectivity index (χ2v) is 6.23. The number of hydrogen-bond acceptors (Lipinski definition) is 4. The van der Waals surface area contributed by atoms with Gasteiger partial charge in [0, 0.05) is 19.6 Å². The van der Waals surface area contributed by atoms with Gasteiger partial charge in [-0.15, -0.1) is 11.3 Å². The van der Waals surface area contributed by atoms with Crippen LogP contribution in [0.25, 0.3) is 0 Å². The molecular formula is C15H24N2O2S. The Labute approximate surface area is 124 Å². The molecule has 0 unspecified atom stereocenters. The number of nitrogens with one attached hydrogen (secondary N) is 1. The highest BCUT2D eigenvalue weighted by atomic mass is 32.1. The lowest BCUT2D eigenvalue weighted by Crippen LogP contribution is -2.37. The lowest BCUT2D eigenvalue weighted by atomic mass is 10.1. The third kappa shape index (κ3) is 4.30. The zero-order chi connectivity index (χ0) is 14.4. The number of aliphatic hydroxyl groups is 1. The third-order valence-corrected chi connectivity index (χ3v) is 4.78. The maximum atomic E-state index is 12.0. The highest BCUT2D eigenvalue weighted by molar-refractivity contribution is 7.12. The van der Waals surface area contributed by atoms with Gasteiger partial charge in [-0.05, 0) is 49.2 Å². The minimum absolute atomic E-state index is 0.0610. The molecule has 0 aromatic carbocycles. The fraction of sp³-hybridized carbons (Fsp3) is 0.667. The molecule has 1 aromatic rings. The van der Waals surface area contributed by atoms with E-state index in [0.29, 0.717) is 0 Å². The molecule has 1 aliphatic rings. The second-order valence-electron chi connectivity index (χ2n) is 5.31. The van der Waals surface area contributed by atoms with Crippen molar-refractivity contribution in [2.75, 3.05) is 26.2 Å². The van der Waals surface area contributed by atoms with Crippen LogP contribution in [0.4, 0.5) is 0 Å². The van der Waals surface area contributed by atoms with Crippen LogP contribution in [0.2, 0.25) is 0 Å². The van der Waals surface area contributed by atoms with E-state index >= 15 is 0 Å². The van der Waals surface area contributed by atoms with Gasteiger partial charge in [0.25, 0.3) is 5.91 Å². The molecule has 0 radical (unpaired) electrons. The quantitative estimate of drug-likeness (QED) is 0.788. The molecule has 1 amide bonds. The second kappa shape index (κ2) is 7.76. The number of rotatable bonds is 6. The Morgan fingerprint density at radius 1 is 1.50 bits per heavy atom. The van der Waals surface area contributed by atoms with E-state index in [-0.39, 0.29) is 12.0 Å². The minimum atomic E-state index is -0.114. The first-order valence-corrected chi connectivity index (χ1v) is 8.33. The molecule has 0 bridgehead atoms. The van der Waals surface area contributed by atoms with E-state index in [2.05, 4.69) is 17.1 Å². The number of piperidine rings is 1. The fourth-order valence-electron chi connectivity index (χ4n) is 2.54. The first-order chi connectivity index (χ1) is 9.70. The molecule has 5 heteroatoms. The van der Waals surface area contributed by atoms with Gasteiger partial charge in [-0.3, -0.25) is 4.79 Å². The predicted octanol–water partition coefficient (Wildman–Crippen LogP) is 1.89. The van der Waals surface area contributed by atoms with Crippen molar-refractivity contribution < 1.29 is 9.90 Å². The van der Waals surface area contributed by atoms with Crippen LogP contribution in [0.5, 0.6) is 0 Å². The maximum Gasteiger partial charge on any atom is 0.261 e. The summed E-state index contributed by atoms with van der Waals surface area (Å²) in [6, 6.07) is 2.03. The summed E-state index contributed by atoms with van der Waals surface area (Å²) in [7, 11) is 0. The molecule has 1 fully saturated rings. The molecule has 112 valence electrons. The number of nitrogens with zero attached hydrogens (tertiary/aromatic N) is 1. The summed E-state index contributed by atoms with van der Waals surface area (Å²) in [5.41, 5.74) is 1.14. The Hall–Kier alpha value is -0.910. The van der Waals surface area contributed by atoms with E-state index in [9.17, 15) is 9.90 Å². The van der Waals surface area contributed by atoms with Crippen molar-refractivity contribution in [3.63, 3.8) is 0 Å². The molecule has 2 heterocycles. The van der Waals surface area contributed by atoms with Crippen LogP contribution in [-0.4, -0.2) is 48.2 Å². The van der Waals surface area contributed by atoms with Gasteiger partial charge in [0.15, 0.2) is 0 Å². The number of aryl methyl sites for hydroxylation is 1. The Balaban J connectivity index is 1.65. The zero-order valence-electron chi connectivity index (χ0n) is 12.1. The van der Waals surface area contributed by atoms with Crippen molar-refractivity contribution in [1.29, 1.82) is 0 Å². The Bertz CT molecular complexity index is 425. The standard InChI is InChI=1S/C15H24N2O2S/c1-2-12-6-11-20-14(12)15(19)16-7-3-8-17-9-4-13(18)5-10-17/h6,11,13,18H,2-5,7-10H2,1H3,(H,16,19). The van der Waals surface area contributed by atoms with Crippen LogP contribution >= 0.6 is 11.3 Å². The minimum Gasteiger partial charge on any atom is -0.393 e. The highest BCUT2D eigenvalue weighted by Gasteiger charge is 2.16. The predicted molar refractivity (Wildman–Crippen MR) is 82.3 cm³/mol. The van der Waals surface area contributed by atoms with E-state index in [1.165, 1.54) is 11.3 Å². The van der Waals surface area contributed by atoms with Gasteiger partial charge in [0.05, 0.1) is 11.0 Å². The van der Waals surface area contributed by atoms with Gasteiger partial charge >= 0.3 is 0 Å². The van der Waals surface area contributed by atoms with E-state index in [1.54, 1.807) is 0 Å². The van der Waals surface area contributed by atoms with Crippen molar-refractivity contribution in [2.45, 2.75) is 38.7 Å². The smallest absolute Gasteiger partial charge is 0.261 e. The fourth-order valence-corrected chi connectivity index (χ4v) is 3.45. The van der Waals surface area contributed by atoms with E-state index in [1.807, 2.05) is 11.4 Å². The summed E-state index contributed by atoms with van der Waals surface area (Å²) in [6.45, 7) is 5.74. The monoisotopic (exact) mass is 296 g/mol. The topological polar surface area (TPSA) is 52.6 Å². The van der Waals surface area contributed by atoms with Gasteiger partial charge in [-0.1, -0.05) is 6.92 Å². The number of thiophene rings is 1. The number of aliphatic hydroxyl groups excluding tert-OH is 1. The molecule has 1 aromatic heterocycles. The van der Waals surface area contributed by atoms with Crippen LogP contribution in [0, 0.1) is 0 Å². The number of carbonyl (C=O) groups excluding carboxylic acids is 1. The first kappa shape index (κ1) is 15.5. The summed E-state index contributed by atoms with van der Waals surface area (Å²) in [4.78, 5) is 15.3. The Morgan fingerprint density at radius 3 is 2.95 bits per heavy atom. The van der Waals surface area contributed by atoms with Crippen molar-refractivity contribution >= 4 is 17.2 Å². The molecule has 2 rings (SSSR count). The Morgan fingerprint density at radius 2 is 2.25 bits per heavy atom. The molecule has 4 nitrogen and oxygen atoms in total. The average molecular weight is 296 g/mol. The van der Waals surface area contributed by atoms with Crippen LogP contribution in [0.3, 0.4) is 0 Å². The molecule has 0 atom stereocenters. The molecule has 20 heavy (non-hydrogen) atoms. The Kier molecular flexibility index (Phi) is 6.01. The lowest BCUT2D eigenvalue weighted by Gasteiger charge is -2.29. The summed E-state index contributed by atoms with van der Waals surface area (Å²) < 4.78 is 0. The van der Waals surface area contributed by atoms with E-state index in [4.69, 9.17) is 0 Å². The summed E-state index contributed by atoms with van der Waals surface area (Å²) >= 11 is 1.52. The number of hydrogen-bond donors (Lipinski definition) is 2. The molecular weight excluding hydrogens is 272 g/mol. The summed E-state index contributed by atoms with van der Waals surface area (Å²) in [5, 5.41) is 14.4. The third-order valence-electron chi connectivity index (χ3n) is 3.83. The van der Waals surface area contributed by atoms with Crippen LogP contribution in [0.15, 0.2) is 11.4 Å². The molecule has 0 saturated carbocycles. The van der Waals surface area contributed by atoms with E-state index < -0.39 is 0 Å². The van der Waals surface area contributed by atoms with Gasteiger partial charge in [-0.25, -0.2) is 0 Å². The van der Waals surface area contributed by atoms with Crippen LogP contribution in [0.1, 0.15) is 41.4 Å². The number of amides is 1. The van der Waals surface area contributed by atoms with Gasteiger partial charge < -0.3 is 15.3 Å². The first-order valence-electron chi connectivity index (χ1n) is 7.45. The van der Waals surface area contributed by atoms with Gasteiger partial charge in [0.2, 0.25) is 0 Å². The van der Waals surface area contributed by atoms with Crippen molar-refractivity contribution in [2.24, 2.45) is 0 Å². The normalized spacial score (nSPS) is 17.3. The molecule has 0 aliphatic carbocycles. The zero-order valence-corrected chi connectivity index (χ0v) is 12.9. The average Bonchev–Trinajstić information content (AvgIpc) is 2.94. The van der Waals surface area contributed by atoms with Crippen LogP contribution in [-0.2, 0) is 6.42 Å².